The Hall–Kier alpha value is -2.82. The second-order valence-corrected chi connectivity index (χ2v) is 7.91. The van der Waals surface area contributed by atoms with Crippen LogP contribution in [0, 0.1) is 0 Å². The lowest BCUT2D eigenvalue weighted by Crippen LogP contribution is -2.38. The molecule has 7 nitrogen and oxygen atoms in total. The van der Waals surface area contributed by atoms with Crippen molar-refractivity contribution in [2.45, 2.75) is 12.7 Å². The summed E-state index contributed by atoms with van der Waals surface area (Å²) in [5.41, 5.74) is 1.18. The molecule has 0 aliphatic carbocycles. The lowest BCUT2D eigenvalue weighted by molar-refractivity contribution is -0.137. The number of rotatable bonds is 8. The zero-order valence-electron chi connectivity index (χ0n) is 17.7. The van der Waals surface area contributed by atoms with Gasteiger partial charge in [0.05, 0.1) is 42.2 Å². The van der Waals surface area contributed by atoms with E-state index in [1.807, 2.05) is 12.1 Å². The molecule has 0 atom stereocenters. The van der Waals surface area contributed by atoms with Crippen LogP contribution in [0.4, 0.5) is 18.9 Å². The van der Waals surface area contributed by atoms with Crippen molar-refractivity contribution in [2.24, 2.45) is 0 Å². The third-order valence-electron chi connectivity index (χ3n) is 5.17. The van der Waals surface area contributed by atoms with Gasteiger partial charge < -0.3 is 14.8 Å². The number of anilines is 1. The third-order valence-corrected chi connectivity index (χ3v) is 5.47. The van der Waals surface area contributed by atoms with Crippen LogP contribution in [0.1, 0.15) is 11.3 Å². The normalized spacial score (nSPS) is 14.9. The van der Waals surface area contributed by atoms with Crippen molar-refractivity contribution >= 4 is 17.3 Å². The molecule has 0 amide bonds. The zero-order valence-corrected chi connectivity index (χ0v) is 18.4. The van der Waals surface area contributed by atoms with Crippen LogP contribution < -0.4 is 10.1 Å². The second-order valence-electron chi connectivity index (χ2n) is 7.50. The molecule has 1 aliphatic rings. The molecule has 0 radical (unpaired) electrons. The maximum absolute atomic E-state index is 12.7. The summed E-state index contributed by atoms with van der Waals surface area (Å²) in [7, 11) is 0. The van der Waals surface area contributed by atoms with Gasteiger partial charge in [0.2, 0.25) is 0 Å². The first-order chi connectivity index (χ1) is 15.9. The standard InChI is InChI=1S/C22H23ClF3N5O2/c23-20-13-17(3-6-21(20)33-12-9-30-7-10-32-11-8-30)27-14-18-15-31(29-28-18)19-4-1-16(2-5-19)22(24,25)26/h1-6,13,15,27H,7-12,14H2. The van der Waals surface area contributed by atoms with Crippen LogP contribution in [0.3, 0.4) is 0 Å². The summed E-state index contributed by atoms with van der Waals surface area (Å²) in [6, 6.07) is 10.2. The smallest absolute Gasteiger partial charge is 0.416 e. The average Bonchev–Trinajstić information content (AvgIpc) is 3.28. The van der Waals surface area contributed by atoms with Crippen LogP contribution in [-0.4, -0.2) is 59.3 Å². The zero-order chi connectivity index (χ0) is 23.3. The van der Waals surface area contributed by atoms with E-state index in [0.717, 1.165) is 50.7 Å². The Bertz CT molecular complexity index is 1050. The van der Waals surface area contributed by atoms with Crippen molar-refractivity contribution < 1.29 is 22.6 Å². The van der Waals surface area contributed by atoms with Gasteiger partial charge in [-0.05, 0) is 42.5 Å². The minimum atomic E-state index is -4.37. The van der Waals surface area contributed by atoms with E-state index >= 15 is 0 Å². The molecule has 2 heterocycles. The van der Waals surface area contributed by atoms with E-state index in [2.05, 4.69) is 20.5 Å². The van der Waals surface area contributed by atoms with Gasteiger partial charge in [-0.25, -0.2) is 4.68 Å². The van der Waals surface area contributed by atoms with Gasteiger partial charge in [-0.15, -0.1) is 5.10 Å². The molecule has 1 aromatic heterocycles. The minimum Gasteiger partial charge on any atom is -0.491 e. The molecule has 1 saturated heterocycles. The Morgan fingerprint density at radius 3 is 2.55 bits per heavy atom. The SMILES string of the molecule is FC(F)(F)c1ccc(-n2cc(CNc3ccc(OCCN4CCOCC4)c(Cl)c3)nn2)cc1. The molecule has 1 aliphatic heterocycles. The molecule has 1 N–H and O–H groups in total. The Balaban J connectivity index is 1.28. The van der Waals surface area contributed by atoms with Gasteiger partial charge in [-0.1, -0.05) is 16.8 Å². The molecule has 33 heavy (non-hydrogen) atoms. The van der Waals surface area contributed by atoms with Crippen LogP contribution in [0.2, 0.25) is 5.02 Å². The van der Waals surface area contributed by atoms with E-state index in [1.54, 1.807) is 12.3 Å². The fraction of sp³-hybridized carbons (Fsp3) is 0.364. The molecule has 4 rings (SSSR count). The molecule has 0 unspecified atom stereocenters. The number of benzene rings is 2. The van der Waals surface area contributed by atoms with Crippen LogP contribution in [0.15, 0.2) is 48.7 Å². The van der Waals surface area contributed by atoms with Crippen molar-refractivity contribution in [3.63, 3.8) is 0 Å². The number of nitrogens with zero attached hydrogens (tertiary/aromatic N) is 4. The van der Waals surface area contributed by atoms with Crippen LogP contribution >= 0.6 is 11.6 Å². The molecule has 176 valence electrons. The van der Waals surface area contributed by atoms with Crippen molar-refractivity contribution in [3.05, 3.63) is 64.9 Å². The Morgan fingerprint density at radius 2 is 1.85 bits per heavy atom. The number of hydrogen-bond donors (Lipinski definition) is 1. The first kappa shape index (κ1) is 23.3. The average molecular weight is 482 g/mol. The largest absolute Gasteiger partial charge is 0.491 e. The number of halogens is 4. The summed E-state index contributed by atoms with van der Waals surface area (Å²) in [4.78, 5) is 2.28. The van der Waals surface area contributed by atoms with Gasteiger partial charge in [0.15, 0.2) is 0 Å². The lowest BCUT2D eigenvalue weighted by Gasteiger charge is -2.26. The van der Waals surface area contributed by atoms with Crippen molar-refractivity contribution in [1.82, 2.24) is 19.9 Å². The molecule has 3 aromatic rings. The molecule has 0 saturated carbocycles. The lowest BCUT2D eigenvalue weighted by atomic mass is 10.2. The first-order valence-electron chi connectivity index (χ1n) is 10.4. The Kier molecular flexibility index (Phi) is 7.36. The van der Waals surface area contributed by atoms with E-state index in [4.69, 9.17) is 21.1 Å². The van der Waals surface area contributed by atoms with Gasteiger partial charge in [-0.3, -0.25) is 4.90 Å². The molecule has 1 fully saturated rings. The van der Waals surface area contributed by atoms with E-state index in [0.29, 0.717) is 35.3 Å². The van der Waals surface area contributed by atoms with E-state index < -0.39 is 11.7 Å². The molecular weight excluding hydrogens is 459 g/mol. The second kappa shape index (κ2) is 10.4. The fourth-order valence-electron chi connectivity index (χ4n) is 3.34. The topological polar surface area (TPSA) is 64.4 Å². The van der Waals surface area contributed by atoms with Gasteiger partial charge >= 0.3 is 6.18 Å². The van der Waals surface area contributed by atoms with Crippen molar-refractivity contribution in [3.8, 4) is 11.4 Å². The molecule has 0 spiro atoms. The van der Waals surface area contributed by atoms with E-state index in [9.17, 15) is 13.2 Å². The summed E-state index contributed by atoms with van der Waals surface area (Å²) >= 11 is 6.35. The summed E-state index contributed by atoms with van der Waals surface area (Å²) in [6.07, 6.45) is -2.72. The maximum atomic E-state index is 12.7. The van der Waals surface area contributed by atoms with Crippen LogP contribution in [0.25, 0.3) is 5.69 Å². The van der Waals surface area contributed by atoms with Crippen molar-refractivity contribution in [2.75, 3.05) is 44.8 Å². The number of aromatic nitrogens is 3. The first-order valence-corrected chi connectivity index (χ1v) is 10.8. The molecular formula is C22H23ClF3N5O2. The van der Waals surface area contributed by atoms with Gasteiger partial charge in [0.1, 0.15) is 18.1 Å². The Morgan fingerprint density at radius 1 is 1.09 bits per heavy atom. The predicted octanol–water partition coefficient (Wildman–Crippen LogP) is 4.26. The highest BCUT2D eigenvalue weighted by molar-refractivity contribution is 6.32. The molecule has 11 heteroatoms. The summed E-state index contributed by atoms with van der Waals surface area (Å²) in [6.45, 7) is 5.04. The molecule has 2 aromatic carbocycles. The summed E-state index contributed by atoms with van der Waals surface area (Å²) < 4.78 is 50.7. The Labute approximate surface area is 194 Å². The highest BCUT2D eigenvalue weighted by Gasteiger charge is 2.30. The predicted molar refractivity (Wildman–Crippen MR) is 118 cm³/mol. The van der Waals surface area contributed by atoms with Crippen LogP contribution in [0.5, 0.6) is 5.75 Å². The minimum absolute atomic E-state index is 0.369. The molecule has 0 bridgehead atoms. The fourth-order valence-corrected chi connectivity index (χ4v) is 3.57. The van der Waals surface area contributed by atoms with E-state index in [1.165, 1.54) is 16.8 Å². The van der Waals surface area contributed by atoms with Crippen molar-refractivity contribution in [1.29, 1.82) is 0 Å². The maximum Gasteiger partial charge on any atom is 0.416 e. The number of alkyl halides is 3. The number of hydrogen-bond acceptors (Lipinski definition) is 6. The quantitative estimate of drug-likeness (QED) is 0.518. The highest BCUT2D eigenvalue weighted by atomic mass is 35.5. The van der Waals surface area contributed by atoms with Gasteiger partial charge in [0.25, 0.3) is 0 Å². The number of morpholine rings is 1. The number of nitrogens with one attached hydrogen (secondary N) is 1. The highest BCUT2D eigenvalue weighted by Crippen LogP contribution is 2.30. The number of ether oxygens (including phenoxy) is 2. The van der Waals surface area contributed by atoms with Gasteiger partial charge in [0, 0.05) is 25.3 Å². The van der Waals surface area contributed by atoms with Crippen LogP contribution in [-0.2, 0) is 17.5 Å². The monoisotopic (exact) mass is 481 g/mol. The van der Waals surface area contributed by atoms with E-state index in [-0.39, 0.29) is 0 Å². The summed E-state index contributed by atoms with van der Waals surface area (Å²) in [5.74, 6) is 0.615. The third kappa shape index (κ3) is 6.37. The van der Waals surface area contributed by atoms with Gasteiger partial charge in [-0.2, -0.15) is 13.2 Å². The summed E-state index contributed by atoms with van der Waals surface area (Å²) in [5, 5.41) is 11.7.